The van der Waals surface area contributed by atoms with E-state index in [2.05, 4.69) is 30.6 Å². The van der Waals surface area contributed by atoms with Crippen molar-refractivity contribution < 1.29 is 5.11 Å². The van der Waals surface area contributed by atoms with Crippen LogP contribution in [0.5, 0.6) is 0 Å². The van der Waals surface area contributed by atoms with Crippen LogP contribution in [-0.2, 0) is 0 Å². The van der Waals surface area contributed by atoms with Gasteiger partial charge in [-0.2, -0.15) is 0 Å². The Hall–Kier alpha value is -1.18. The smallest absolute Gasteiger partial charge is 0.0540 e. The summed E-state index contributed by atoms with van der Waals surface area (Å²) >= 11 is 0. The molecule has 0 heterocycles. The standard InChI is InChI=1S/C12H16O/c1-2-3-4-5-6-7-8-9-10-11-12-13/h7-8,13H,2-4,11-12H2,1H3/b8-7+. The van der Waals surface area contributed by atoms with Crippen molar-refractivity contribution in [1.29, 1.82) is 0 Å². The van der Waals surface area contributed by atoms with Crippen molar-refractivity contribution in [3.8, 4) is 23.7 Å². The number of aliphatic hydroxyl groups is 1. The molecular weight excluding hydrogens is 160 g/mol. The first-order valence-electron chi connectivity index (χ1n) is 4.64. The third kappa shape index (κ3) is 10.8. The van der Waals surface area contributed by atoms with Crippen molar-refractivity contribution in [1.82, 2.24) is 0 Å². The van der Waals surface area contributed by atoms with Gasteiger partial charge in [-0.3, -0.25) is 0 Å². The Bertz CT molecular complexity index is 242. The van der Waals surface area contributed by atoms with E-state index < -0.39 is 0 Å². The van der Waals surface area contributed by atoms with Gasteiger partial charge in [0.05, 0.1) is 6.61 Å². The summed E-state index contributed by atoms with van der Waals surface area (Å²) in [5.41, 5.74) is 0. The number of allylic oxidation sites excluding steroid dienone is 2. The topological polar surface area (TPSA) is 20.2 Å². The molecule has 1 N–H and O–H groups in total. The Kier molecular flexibility index (Phi) is 9.84. The molecule has 0 rings (SSSR count). The molecule has 13 heavy (non-hydrogen) atoms. The van der Waals surface area contributed by atoms with Crippen molar-refractivity contribution in [3.63, 3.8) is 0 Å². The summed E-state index contributed by atoms with van der Waals surface area (Å²) in [4.78, 5) is 0. The van der Waals surface area contributed by atoms with Gasteiger partial charge in [0.25, 0.3) is 0 Å². The second-order valence-electron chi connectivity index (χ2n) is 2.55. The lowest BCUT2D eigenvalue weighted by molar-refractivity contribution is 0.305. The van der Waals surface area contributed by atoms with E-state index in [1.165, 1.54) is 6.42 Å². The lowest BCUT2D eigenvalue weighted by Crippen LogP contribution is -1.74. The highest BCUT2D eigenvalue weighted by molar-refractivity contribution is 5.24. The summed E-state index contributed by atoms with van der Waals surface area (Å²) < 4.78 is 0. The minimum absolute atomic E-state index is 0.128. The average Bonchev–Trinajstić information content (AvgIpc) is 2.16. The number of hydrogen-bond acceptors (Lipinski definition) is 1. The summed E-state index contributed by atoms with van der Waals surface area (Å²) in [6.07, 6.45) is 7.32. The van der Waals surface area contributed by atoms with Gasteiger partial charge in [-0.1, -0.05) is 37.0 Å². The molecule has 0 bridgehead atoms. The van der Waals surface area contributed by atoms with Crippen molar-refractivity contribution in [2.24, 2.45) is 0 Å². The maximum atomic E-state index is 8.41. The molecule has 1 heteroatoms. The van der Waals surface area contributed by atoms with Gasteiger partial charge in [-0.25, -0.2) is 0 Å². The summed E-state index contributed by atoms with van der Waals surface area (Å²) in [5.74, 6) is 11.5. The molecule has 0 spiro atoms. The van der Waals surface area contributed by atoms with E-state index in [1.807, 2.05) is 0 Å². The van der Waals surface area contributed by atoms with Crippen LogP contribution in [0.15, 0.2) is 12.2 Å². The van der Waals surface area contributed by atoms with Crippen LogP contribution in [0.1, 0.15) is 32.6 Å². The molecule has 0 aromatic carbocycles. The predicted molar refractivity (Wildman–Crippen MR) is 55.9 cm³/mol. The molecule has 0 amide bonds. The fourth-order valence-electron chi connectivity index (χ4n) is 0.667. The fraction of sp³-hybridized carbons (Fsp3) is 0.500. The van der Waals surface area contributed by atoms with Gasteiger partial charge in [0.15, 0.2) is 0 Å². The molecule has 0 aromatic heterocycles. The monoisotopic (exact) mass is 176 g/mol. The second-order valence-corrected chi connectivity index (χ2v) is 2.55. The zero-order chi connectivity index (χ0) is 9.78. The van der Waals surface area contributed by atoms with Gasteiger partial charge in [0, 0.05) is 12.8 Å². The molecule has 0 saturated heterocycles. The zero-order valence-corrected chi connectivity index (χ0v) is 8.14. The molecule has 0 atom stereocenters. The number of hydrogen-bond donors (Lipinski definition) is 1. The van der Waals surface area contributed by atoms with Crippen molar-refractivity contribution >= 4 is 0 Å². The van der Waals surface area contributed by atoms with Gasteiger partial charge in [-0.15, -0.1) is 0 Å². The van der Waals surface area contributed by atoms with E-state index in [-0.39, 0.29) is 6.61 Å². The van der Waals surface area contributed by atoms with Crippen molar-refractivity contribution in [2.75, 3.05) is 6.61 Å². The fourth-order valence-corrected chi connectivity index (χ4v) is 0.667. The van der Waals surface area contributed by atoms with Gasteiger partial charge in [0.2, 0.25) is 0 Å². The number of unbranched alkanes of at least 4 members (excludes halogenated alkanes) is 2. The molecule has 0 aliphatic heterocycles. The van der Waals surface area contributed by atoms with Gasteiger partial charge in [0.1, 0.15) is 0 Å². The van der Waals surface area contributed by atoms with Crippen molar-refractivity contribution in [2.45, 2.75) is 32.6 Å². The summed E-state index contributed by atoms with van der Waals surface area (Å²) in [6.45, 7) is 2.28. The first kappa shape index (κ1) is 11.8. The molecule has 0 aliphatic rings. The van der Waals surface area contributed by atoms with Gasteiger partial charge in [-0.05, 0) is 18.6 Å². The maximum Gasteiger partial charge on any atom is 0.0540 e. The van der Waals surface area contributed by atoms with Crippen LogP contribution in [0.25, 0.3) is 0 Å². The van der Waals surface area contributed by atoms with E-state index in [4.69, 9.17) is 5.11 Å². The lowest BCUT2D eigenvalue weighted by atomic mass is 10.2. The van der Waals surface area contributed by atoms with Gasteiger partial charge >= 0.3 is 0 Å². The summed E-state index contributed by atoms with van der Waals surface area (Å²) in [6, 6.07) is 0. The van der Waals surface area contributed by atoms with Crippen LogP contribution in [-0.4, -0.2) is 11.7 Å². The summed E-state index contributed by atoms with van der Waals surface area (Å²) in [7, 11) is 0. The van der Waals surface area contributed by atoms with E-state index in [0.29, 0.717) is 6.42 Å². The Labute approximate surface area is 80.9 Å². The predicted octanol–water partition coefficient (Wildman–Crippen LogP) is 2.12. The van der Waals surface area contributed by atoms with Crippen LogP contribution in [0.4, 0.5) is 0 Å². The molecule has 1 nitrogen and oxygen atoms in total. The average molecular weight is 176 g/mol. The Balaban J connectivity index is 3.49. The van der Waals surface area contributed by atoms with E-state index >= 15 is 0 Å². The highest BCUT2D eigenvalue weighted by Gasteiger charge is 1.73. The third-order valence-corrected chi connectivity index (χ3v) is 1.35. The normalized spacial score (nSPS) is 8.77. The Morgan fingerprint density at radius 2 is 1.69 bits per heavy atom. The summed E-state index contributed by atoms with van der Waals surface area (Å²) in [5, 5.41) is 8.41. The van der Waals surface area contributed by atoms with E-state index in [9.17, 15) is 0 Å². The zero-order valence-electron chi connectivity index (χ0n) is 8.14. The van der Waals surface area contributed by atoms with E-state index in [0.717, 1.165) is 12.8 Å². The van der Waals surface area contributed by atoms with Crippen LogP contribution in [0, 0.1) is 23.7 Å². The third-order valence-electron chi connectivity index (χ3n) is 1.35. The molecule has 0 saturated carbocycles. The molecular formula is C12H16O. The molecule has 0 fully saturated rings. The molecule has 0 radical (unpaired) electrons. The Morgan fingerprint density at radius 1 is 1.08 bits per heavy atom. The molecule has 0 aromatic rings. The maximum absolute atomic E-state index is 8.41. The van der Waals surface area contributed by atoms with E-state index in [1.54, 1.807) is 12.2 Å². The first-order valence-corrected chi connectivity index (χ1v) is 4.64. The number of rotatable bonds is 3. The molecule has 70 valence electrons. The minimum Gasteiger partial charge on any atom is -0.395 e. The lowest BCUT2D eigenvalue weighted by Gasteiger charge is -1.81. The largest absolute Gasteiger partial charge is 0.395 e. The van der Waals surface area contributed by atoms with Crippen LogP contribution >= 0.6 is 0 Å². The highest BCUT2D eigenvalue weighted by atomic mass is 16.2. The number of aliphatic hydroxyl groups excluding tert-OH is 1. The van der Waals surface area contributed by atoms with Crippen LogP contribution < -0.4 is 0 Å². The van der Waals surface area contributed by atoms with Crippen LogP contribution in [0.2, 0.25) is 0 Å². The quantitative estimate of drug-likeness (QED) is 0.516. The first-order chi connectivity index (χ1) is 6.41. The van der Waals surface area contributed by atoms with Gasteiger partial charge < -0.3 is 5.11 Å². The molecule has 0 aliphatic carbocycles. The Morgan fingerprint density at radius 3 is 2.23 bits per heavy atom. The second kappa shape index (κ2) is 10.8. The molecule has 0 unspecified atom stereocenters. The SMILES string of the molecule is CCCCC#C/C=C/C#CCCO. The van der Waals surface area contributed by atoms with Crippen LogP contribution in [0.3, 0.4) is 0 Å². The highest BCUT2D eigenvalue weighted by Crippen LogP contribution is 1.90. The van der Waals surface area contributed by atoms with Crippen molar-refractivity contribution in [3.05, 3.63) is 12.2 Å². The minimum atomic E-state index is 0.128.